The Labute approximate surface area is 171 Å². The monoisotopic (exact) mass is 413 g/mol. The number of nitrogens with one attached hydrogen (secondary N) is 1. The molecule has 1 atom stereocenters. The summed E-state index contributed by atoms with van der Waals surface area (Å²) in [4.78, 5) is 12.6. The first-order valence-corrected chi connectivity index (χ1v) is 11.0. The van der Waals surface area contributed by atoms with Gasteiger partial charge in [0.1, 0.15) is 5.82 Å². The molecule has 1 amide bonds. The van der Waals surface area contributed by atoms with Gasteiger partial charge in [-0.05, 0) is 36.6 Å². The number of rotatable bonds is 6. The number of anilines is 1. The molecule has 3 aromatic rings. The molecule has 0 radical (unpaired) electrons. The van der Waals surface area contributed by atoms with E-state index in [0.29, 0.717) is 28.8 Å². The average molecular weight is 414 g/mol. The lowest BCUT2D eigenvalue weighted by Gasteiger charge is -2.11. The first kappa shape index (κ1) is 18.9. The lowest BCUT2D eigenvalue weighted by molar-refractivity contribution is -0.116. The van der Waals surface area contributed by atoms with E-state index in [2.05, 4.69) is 22.5 Å². The largest absolute Gasteiger partial charge is 0.310 e. The molecule has 1 aromatic heterocycles. The van der Waals surface area contributed by atoms with Crippen LogP contribution in [0.2, 0.25) is 5.02 Å². The highest BCUT2D eigenvalue weighted by atomic mass is 35.5. The summed E-state index contributed by atoms with van der Waals surface area (Å²) in [5, 5.41) is 8.18. The van der Waals surface area contributed by atoms with Gasteiger partial charge >= 0.3 is 0 Å². The van der Waals surface area contributed by atoms with Crippen molar-refractivity contribution in [3.8, 4) is 5.69 Å². The van der Waals surface area contributed by atoms with Gasteiger partial charge in [-0.3, -0.25) is 9.00 Å². The fourth-order valence-electron chi connectivity index (χ4n) is 3.34. The quantitative estimate of drug-likeness (QED) is 0.657. The van der Waals surface area contributed by atoms with E-state index in [0.717, 1.165) is 29.8 Å². The van der Waals surface area contributed by atoms with E-state index in [9.17, 15) is 9.00 Å². The second-order valence-corrected chi connectivity index (χ2v) is 8.67. The SMILES string of the molecule is O=C(CCCc1ccccc1)Nc1c2c(nn1-c1cccc(Cl)c1)CS(=O)C2. The van der Waals surface area contributed by atoms with E-state index < -0.39 is 10.8 Å². The third-order valence-corrected chi connectivity index (χ3v) is 6.13. The number of fused-ring (bicyclic) bond motifs is 1. The minimum absolute atomic E-state index is 0.0698. The van der Waals surface area contributed by atoms with Crippen molar-refractivity contribution in [1.29, 1.82) is 0 Å². The van der Waals surface area contributed by atoms with E-state index in [-0.39, 0.29) is 5.91 Å². The van der Waals surface area contributed by atoms with E-state index in [1.165, 1.54) is 5.56 Å². The van der Waals surface area contributed by atoms with Crippen LogP contribution in [0.1, 0.15) is 29.7 Å². The van der Waals surface area contributed by atoms with Crippen LogP contribution in [0.25, 0.3) is 5.69 Å². The lowest BCUT2D eigenvalue weighted by atomic mass is 10.1. The van der Waals surface area contributed by atoms with Crippen molar-refractivity contribution in [3.05, 3.63) is 76.4 Å². The third kappa shape index (κ3) is 4.18. The van der Waals surface area contributed by atoms with Gasteiger partial charge in [-0.2, -0.15) is 5.10 Å². The Morgan fingerprint density at radius 1 is 1.14 bits per heavy atom. The number of carbonyl (C=O) groups is 1. The number of nitrogens with zero attached hydrogens (tertiary/aromatic N) is 2. The maximum atomic E-state index is 12.6. The van der Waals surface area contributed by atoms with Crippen LogP contribution in [-0.2, 0) is 33.5 Å². The van der Waals surface area contributed by atoms with Crippen LogP contribution in [0.5, 0.6) is 0 Å². The number of halogens is 1. The molecular formula is C21H20ClN3O2S. The van der Waals surface area contributed by atoms with Crippen molar-refractivity contribution in [2.24, 2.45) is 0 Å². The zero-order valence-electron chi connectivity index (χ0n) is 15.2. The molecule has 0 fully saturated rings. The highest BCUT2D eigenvalue weighted by Crippen LogP contribution is 2.32. The number of benzene rings is 2. The molecule has 0 spiro atoms. The van der Waals surface area contributed by atoms with E-state index in [4.69, 9.17) is 11.6 Å². The molecule has 0 aliphatic carbocycles. The molecule has 1 aliphatic heterocycles. The number of hydrogen-bond acceptors (Lipinski definition) is 3. The molecule has 1 aliphatic rings. The summed E-state index contributed by atoms with van der Waals surface area (Å²) in [6.07, 6.45) is 2.02. The first-order chi connectivity index (χ1) is 13.6. The Bertz CT molecular complexity index is 1030. The molecular weight excluding hydrogens is 394 g/mol. The second kappa shape index (κ2) is 8.29. The van der Waals surface area contributed by atoms with Gasteiger partial charge in [-0.1, -0.05) is 48.0 Å². The van der Waals surface area contributed by atoms with Gasteiger partial charge in [0, 0.05) is 27.8 Å². The maximum absolute atomic E-state index is 12.6. The van der Waals surface area contributed by atoms with Gasteiger partial charge in [0.25, 0.3) is 0 Å². The standard InChI is InChI=1S/C21H20ClN3O2S/c22-16-9-5-10-17(12-16)25-21(18-13-28(27)14-19(18)24-25)23-20(26)11-4-8-15-6-2-1-3-7-15/h1-3,5-7,9-10,12H,4,8,11,13-14H2,(H,23,26). The van der Waals surface area contributed by atoms with Crippen molar-refractivity contribution < 1.29 is 9.00 Å². The predicted octanol–water partition coefficient (Wildman–Crippen LogP) is 4.25. The number of aromatic nitrogens is 2. The van der Waals surface area contributed by atoms with Crippen molar-refractivity contribution in [2.45, 2.75) is 30.8 Å². The van der Waals surface area contributed by atoms with Crippen LogP contribution in [0.4, 0.5) is 5.82 Å². The van der Waals surface area contributed by atoms with Gasteiger partial charge in [0.2, 0.25) is 5.91 Å². The number of aryl methyl sites for hydroxylation is 1. The molecule has 2 aromatic carbocycles. The highest BCUT2D eigenvalue weighted by molar-refractivity contribution is 7.83. The first-order valence-electron chi connectivity index (χ1n) is 9.15. The highest BCUT2D eigenvalue weighted by Gasteiger charge is 2.28. The molecule has 2 heterocycles. The van der Waals surface area contributed by atoms with Gasteiger partial charge in [-0.15, -0.1) is 0 Å². The number of carbonyl (C=O) groups excluding carboxylic acids is 1. The summed E-state index contributed by atoms with van der Waals surface area (Å²) >= 11 is 6.12. The van der Waals surface area contributed by atoms with Crippen molar-refractivity contribution in [2.75, 3.05) is 5.32 Å². The summed E-state index contributed by atoms with van der Waals surface area (Å²) in [5.74, 6) is 1.36. The van der Waals surface area contributed by atoms with E-state index in [1.807, 2.05) is 30.3 Å². The second-order valence-electron chi connectivity index (χ2n) is 6.78. The minimum Gasteiger partial charge on any atom is -0.310 e. The smallest absolute Gasteiger partial charge is 0.225 e. The Morgan fingerprint density at radius 2 is 1.96 bits per heavy atom. The molecule has 5 nitrogen and oxygen atoms in total. The van der Waals surface area contributed by atoms with Gasteiger partial charge in [-0.25, -0.2) is 4.68 Å². The van der Waals surface area contributed by atoms with Crippen LogP contribution >= 0.6 is 11.6 Å². The summed E-state index contributed by atoms with van der Waals surface area (Å²) < 4.78 is 13.7. The Morgan fingerprint density at radius 3 is 2.75 bits per heavy atom. The van der Waals surface area contributed by atoms with Crippen LogP contribution in [0.15, 0.2) is 54.6 Å². The molecule has 0 saturated carbocycles. The number of hydrogen-bond donors (Lipinski definition) is 1. The molecule has 28 heavy (non-hydrogen) atoms. The molecule has 144 valence electrons. The normalized spacial score (nSPS) is 15.4. The van der Waals surface area contributed by atoms with E-state index >= 15 is 0 Å². The molecule has 0 saturated heterocycles. The van der Waals surface area contributed by atoms with Gasteiger partial charge < -0.3 is 5.32 Å². The summed E-state index contributed by atoms with van der Waals surface area (Å²) in [7, 11) is -0.966. The Balaban J connectivity index is 1.51. The molecule has 1 N–H and O–H groups in total. The minimum atomic E-state index is -0.966. The third-order valence-electron chi connectivity index (χ3n) is 4.69. The van der Waals surface area contributed by atoms with Crippen molar-refractivity contribution in [1.82, 2.24) is 9.78 Å². The maximum Gasteiger partial charge on any atom is 0.225 e. The van der Waals surface area contributed by atoms with Crippen LogP contribution in [0.3, 0.4) is 0 Å². The molecule has 0 bridgehead atoms. The van der Waals surface area contributed by atoms with Crippen molar-refractivity contribution in [3.63, 3.8) is 0 Å². The Hall–Kier alpha value is -2.44. The van der Waals surface area contributed by atoms with Crippen molar-refractivity contribution >= 4 is 34.1 Å². The molecule has 4 rings (SSSR count). The fraction of sp³-hybridized carbons (Fsp3) is 0.238. The van der Waals surface area contributed by atoms with Gasteiger partial charge in [0.05, 0.1) is 22.9 Å². The average Bonchev–Trinajstić information content (AvgIpc) is 3.20. The zero-order chi connectivity index (χ0) is 19.5. The fourth-order valence-corrected chi connectivity index (χ4v) is 4.79. The zero-order valence-corrected chi connectivity index (χ0v) is 16.8. The number of amides is 1. The van der Waals surface area contributed by atoms with Crippen LogP contribution in [-0.4, -0.2) is 19.9 Å². The topological polar surface area (TPSA) is 64.0 Å². The molecule has 1 unspecified atom stereocenters. The molecule has 7 heteroatoms. The Kier molecular flexibility index (Phi) is 5.59. The summed E-state index contributed by atoms with van der Waals surface area (Å²) in [6.45, 7) is 0. The van der Waals surface area contributed by atoms with Crippen LogP contribution in [0, 0.1) is 0 Å². The van der Waals surface area contributed by atoms with Gasteiger partial charge in [0.15, 0.2) is 0 Å². The summed E-state index contributed by atoms with van der Waals surface area (Å²) in [5.41, 5.74) is 3.62. The van der Waals surface area contributed by atoms with Crippen LogP contribution < -0.4 is 5.32 Å². The predicted molar refractivity (Wildman–Crippen MR) is 112 cm³/mol. The lowest BCUT2D eigenvalue weighted by Crippen LogP contribution is -2.16. The van der Waals surface area contributed by atoms with E-state index in [1.54, 1.807) is 16.8 Å². The summed E-state index contributed by atoms with van der Waals surface area (Å²) in [6, 6.07) is 17.4.